The van der Waals surface area contributed by atoms with E-state index in [4.69, 9.17) is 5.73 Å². The number of nitrogens with two attached hydrogens (primary N) is 1. The van der Waals surface area contributed by atoms with E-state index in [2.05, 4.69) is 0 Å². The number of hydrogen-bond donors (Lipinski definition) is 2. The Labute approximate surface area is 91.3 Å². The van der Waals surface area contributed by atoms with Gasteiger partial charge in [-0.05, 0) is 26.7 Å². The summed E-state index contributed by atoms with van der Waals surface area (Å²) >= 11 is 0. The van der Waals surface area contributed by atoms with Crippen LogP contribution in [0.2, 0.25) is 0 Å². The second kappa shape index (κ2) is 4.37. The second-order valence-corrected chi connectivity index (χ2v) is 6.88. The van der Waals surface area contributed by atoms with Crippen LogP contribution in [0, 0.1) is 0 Å². The van der Waals surface area contributed by atoms with Gasteiger partial charge in [0.2, 0.25) is 10.0 Å². The van der Waals surface area contributed by atoms with Crippen LogP contribution in [0.3, 0.4) is 0 Å². The Morgan fingerprint density at radius 1 is 1.60 bits per heavy atom. The van der Waals surface area contributed by atoms with E-state index in [-0.39, 0.29) is 13.1 Å². The lowest BCUT2D eigenvalue weighted by atomic mass is 9.97. The molecule has 0 amide bonds. The number of rotatable bonds is 3. The zero-order valence-electron chi connectivity index (χ0n) is 9.31. The molecule has 1 aliphatic heterocycles. The maximum Gasteiger partial charge on any atom is 0.218 e. The zero-order chi connectivity index (χ0) is 11.7. The minimum absolute atomic E-state index is 0.112. The predicted molar refractivity (Wildman–Crippen MR) is 58.9 cm³/mol. The van der Waals surface area contributed by atoms with Crippen LogP contribution in [0.5, 0.6) is 0 Å². The summed E-state index contributed by atoms with van der Waals surface area (Å²) < 4.78 is 25.2. The van der Waals surface area contributed by atoms with E-state index in [1.165, 1.54) is 4.31 Å². The summed E-state index contributed by atoms with van der Waals surface area (Å²) in [4.78, 5) is 0. The van der Waals surface area contributed by atoms with Crippen LogP contribution in [0.1, 0.15) is 26.7 Å². The summed E-state index contributed by atoms with van der Waals surface area (Å²) in [7, 11) is -3.33. The standard InChI is InChI=1S/C9H20N2O3S/c1-8(6-10)15(13,14)11-5-3-4-9(2,12)7-11/h8,12H,3-7,10H2,1-2H3. The van der Waals surface area contributed by atoms with Gasteiger partial charge in [0.1, 0.15) is 0 Å². The molecule has 1 fully saturated rings. The number of hydrogen-bond acceptors (Lipinski definition) is 4. The summed E-state index contributed by atoms with van der Waals surface area (Å²) in [5.41, 5.74) is 4.46. The fourth-order valence-corrected chi connectivity index (χ4v) is 3.36. The lowest BCUT2D eigenvalue weighted by Gasteiger charge is -2.37. The van der Waals surface area contributed by atoms with Crippen LogP contribution in [-0.4, -0.2) is 48.3 Å². The molecule has 1 rings (SSSR count). The Balaban J connectivity index is 2.80. The van der Waals surface area contributed by atoms with Crippen molar-refractivity contribution in [2.75, 3.05) is 19.6 Å². The van der Waals surface area contributed by atoms with Gasteiger partial charge in [-0.1, -0.05) is 0 Å². The highest BCUT2D eigenvalue weighted by Crippen LogP contribution is 2.23. The van der Waals surface area contributed by atoms with Gasteiger partial charge in [0.25, 0.3) is 0 Å². The number of nitrogens with zero attached hydrogens (tertiary/aromatic N) is 1. The predicted octanol–water partition coefficient (Wildman–Crippen LogP) is -0.490. The lowest BCUT2D eigenvalue weighted by Crippen LogP contribution is -2.51. The first-order valence-electron chi connectivity index (χ1n) is 5.21. The number of piperidine rings is 1. The van der Waals surface area contributed by atoms with Crippen LogP contribution in [-0.2, 0) is 10.0 Å². The third-order valence-electron chi connectivity index (χ3n) is 2.84. The van der Waals surface area contributed by atoms with Gasteiger partial charge in [-0.15, -0.1) is 0 Å². The monoisotopic (exact) mass is 236 g/mol. The molecule has 2 unspecified atom stereocenters. The van der Waals surface area contributed by atoms with Crippen molar-refractivity contribution < 1.29 is 13.5 Å². The average molecular weight is 236 g/mol. The first-order valence-corrected chi connectivity index (χ1v) is 6.71. The van der Waals surface area contributed by atoms with Crippen molar-refractivity contribution in [3.63, 3.8) is 0 Å². The number of β-amino-alcohol motifs (C(OH)–C–C–N with tert-alkyl or cyclic N) is 1. The van der Waals surface area contributed by atoms with E-state index in [9.17, 15) is 13.5 Å². The molecule has 5 nitrogen and oxygen atoms in total. The molecular formula is C9H20N2O3S. The van der Waals surface area contributed by atoms with Gasteiger partial charge < -0.3 is 10.8 Å². The summed E-state index contributed by atoms with van der Waals surface area (Å²) in [6, 6.07) is 0. The Morgan fingerprint density at radius 2 is 2.20 bits per heavy atom. The van der Waals surface area contributed by atoms with E-state index in [1.54, 1.807) is 13.8 Å². The Kier molecular flexibility index (Phi) is 3.76. The molecule has 0 saturated carbocycles. The normalized spacial score (nSPS) is 31.5. The molecular weight excluding hydrogens is 216 g/mol. The zero-order valence-corrected chi connectivity index (χ0v) is 10.1. The SMILES string of the molecule is CC(CN)S(=O)(=O)N1CCCC(C)(O)C1. The molecule has 0 radical (unpaired) electrons. The third-order valence-corrected chi connectivity index (χ3v) is 5.08. The smallest absolute Gasteiger partial charge is 0.218 e. The second-order valence-electron chi connectivity index (χ2n) is 4.53. The Hall–Kier alpha value is -0.170. The highest BCUT2D eigenvalue weighted by atomic mass is 32.2. The quantitative estimate of drug-likeness (QED) is 0.692. The van der Waals surface area contributed by atoms with E-state index >= 15 is 0 Å². The van der Waals surface area contributed by atoms with Gasteiger partial charge >= 0.3 is 0 Å². The van der Waals surface area contributed by atoms with Gasteiger partial charge in [0, 0.05) is 19.6 Å². The molecule has 0 bridgehead atoms. The van der Waals surface area contributed by atoms with Crippen LogP contribution in [0.25, 0.3) is 0 Å². The molecule has 90 valence electrons. The molecule has 1 saturated heterocycles. The summed E-state index contributed by atoms with van der Waals surface area (Å²) in [5.74, 6) is 0. The largest absolute Gasteiger partial charge is 0.389 e. The van der Waals surface area contributed by atoms with Crippen LogP contribution in [0.15, 0.2) is 0 Å². The first kappa shape index (κ1) is 12.9. The molecule has 0 aromatic carbocycles. The van der Waals surface area contributed by atoms with E-state index < -0.39 is 20.9 Å². The molecule has 15 heavy (non-hydrogen) atoms. The van der Waals surface area contributed by atoms with Crippen LogP contribution in [0.4, 0.5) is 0 Å². The molecule has 1 heterocycles. The highest BCUT2D eigenvalue weighted by molar-refractivity contribution is 7.89. The Morgan fingerprint density at radius 3 is 2.67 bits per heavy atom. The van der Waals surface area contributed by atoms with Gasteiger partial charge in [-0.25, -0.2) is 8.42 Å². The summed E-state index contributed by atoms with van der Waals surface area (Å²) in [5, 5.41) is 9.25. The van der Waals surface area contributed by atoms with Crippen LogP contribution < -0.4 is 5.73 Å². The third kappa shape index (κ3) is 2.90. The van der Waals surface area contributed by atoms with Crippen molar-refractivity contribution in [3.8, 4) is 0 Å². The lowest BCUT2D eigenvalue weighted by molar-refractivity contribution is 0.00920. The molecule has 3 N–H and O–H groups in total. The molecule has 1 aliphatic rings. The van der Waals surface area contributed by atoms with E-state index in [1.807, 2.05) is 0 Å². The van der Waals surface area contributed by atoms with Crippen molar-refractivity contribution >= 4 is 10.0 Å². The van der Waals surface area contributed by atoms with Crippen molar-refractivity contribution in [1.82, 2.24) is 4.31 Å². The summed E-state index contributed by atoms with van der Waals surface area (Å²) in [6.45, 7) is 4.05. The van der Waals surface area contributed by atoms with Gasteiger partial charge in [-0.2, -0.15) is 4.31 Å². The molecule has 2 atom stereocenters. The van der Waals surface area contributed by atoms with Crippen molar-refractivity contribution in [2.45, 2.75) is 37.5 Å². The average Bonchev–Trinajstić information content (AvgIpc) is 2.15. The Bertz CT molecular complexity index is 313. The minimum Gasteiger partial charge on any atom is -0.389 e. The summed E-state index contributed by atoms with van der Waals surface area (Å²) in [6.07, 6.45) is 1.35. The first-order chi connectivity index (χ1) is 6.79. The van der Waals surface area contributed by atoms with E-state index in [0.29, 0.717) is 19.4 Å². The fourth-order valence-electron chi connectivity index (χ4n) is 1.77. The van der Waals surface area contributed by atoms with E-state index in [0.717, 1.165) is 0 Å². The number of aliphatic hydroxyl groups is 1. The van der Waals surface area contributed by atoms with Crippen LogP contribution >= 0.6 is 0 Å². The minimum atomic E-state index is -3.33. The van der Waals surface area contributed by atoms with Crippen molar-refractivity contribution in [3.05, 3.63) is 0 Å². The fraction of sp³-hybridized carbons (Fsp3) is 1.00. The molecule has 0 aromatic rings. The van der Waals surface area contributed by atoms with Gasteiger partial charge in [0.05, 0.1) is 10.9 Å². The maximum absolute atomic E-state index is 11.9. The highest BCUT2D eigenvalue weighted by Gasteiger charge is 2.36. The molecule has 0 aliphatic carbocycles. The molecule has 0 aromatic heterocycles. The number of sulfonamides is 1. The van der Waals surface area contributed by atoms with Crippen molar-refractivity contribution in [2.24, 2.45) is 5.73 Å². The van der Waals surface area contributed by atoms with Gasteiger partial charge in [0.15, 0.2) is 0 Å². The molecule has 6 heteroatoms. The topological polar surface area (TPSA) is 83.6 Å². The molecule has 0 spiro atoms. The van der Waals surface area contributed by atoms with Crippen molar-refractivity contribution in [1.29, 1.82) is 0 Å². The maximum atomic E-state index is 11.9. The van der Waals surface area contributed by atoms with Gasteiger partial charge in [-0.3, -0.25) is 0 Å².